The highest BCUT2D eigenvalue weighted by Gasteiger charge is 2.68. The molecule has 0 bridgehead atoms. The van der Waals surface area contributed by atoms with E-state index in [0.717, 1.165) is 24.0 Å². The monoisotopic (exact) mass is 722 g/mol. The van der Waals surface area contributed by atoms with Crippen molar-refractivity contribution >= 4 is 35.3 Å². The number of Topliss-reactive ketones (excluding diaryl/α,β-unsaturated/α-hetero) is 1. The third kappa shape index (κ3) is 7.74. The second kappa shape index (κ2) is 15.6. The molecule has 1 aromatic carbocycles. The fraction of sp³-hybridized carbons (Fsp3) is 0.650. The van der Waals surface area contributed by atoms with E-state index in [1.165, 1.54) is 0 Å². The molecule has 4 aliphatic rings. The summed E-state index contributed by atoms with van der Waals surface area (Å²) in [5.41, 5.74) is -1.13. The van der Waals surface area contributed by atoms with E-state index >= 15 is 0 Å². The molecule has 1 aromatic rings. The summed E-state index contributed by atoms with van der Waals surface area (Å²) in [6, 6.07) is 8.04. The molecular weight excluding hydrogens is 668 g/mol. The van der Waals surface area contributed by atoms with E-state index in [-0.39, 0.29) is 73.5 Å². The van der Waals surface area contributed by atoms with Gasteiger partial charge < -0.3 is 30.7 Å². The van der Waals surface area contributed by atoms with Crippen LogP contribution in [0.5, 0.6) is 0 Å². The second-order valence-corrected chi connectivity index (χ2v) is 16.3. The van der Waals surface area contributed by atoms with Gasteiger partial charge in [0.15, 0.2) is 12.4 Å². The normalized spacial score (nSPS) is 32.0. The van der Waals surface area contributed by atoms with Crippen LogP contribution in [0.3, 0.4) is 0 Å². The zero-order valence-electron chi connectivity index (χ0n) is 30.7. The van der Waals surface area contributed by atoms with Gasteiger partial charge in [0.2, 0.25) is 17.6 Å². The number of hydrogen-bond donors (Lipinski definition) is 5. The highest BCUT2D eigenvalue weighted by molar-refractivity contribution is 5.93. The number of aliphatic carboxylic acids is 1. The first kappa shape index (κ1) is 39.3. The van der Waals surface area contributed by atoms with Gasteiger partial charge >= 0.3 is 11.9 Å². The molecule has 9 atom stereocenters. The highest BCUT2D eigenvalue weighted by Crippen LogP contribution is 2.67. The minimum absolute atomic E-state index is 0.0160. The maximum absolute atomic E-state index is 13.6. The van der Waals surface area contributed by atoms with Crippen molar-refractivity contribution in [1.82, 2.24) is 10.6 Å². The number of carbonyl (C=O) groups excluding carboxylic acids is 5. The van der Waals surface area contributed by atoms with Crippen LogP contribution in [0.1, 0.15) is 103 Å². The molecular formula is C40H54N2O10. The predicted molar refractivity (Wildman–Crippen MR) is 189 cm³/mol. The van der Waals surface area contributed by atoms with Crippen LogP contribution in [0.4, 0.5) is 0 Å². The van der Waals surface area contributed by atoms with Gasteiger partial charge in [0.25, 0.3) is 0 Å². The van der Waals surface area contributed by atoms with Gasteiger partial charge in [-0.15, -0.1) is 0 Å². The zero-order chi connectivity index (χ0) is 38.0. The van der Waals surface area contributed by atoms with Crippen molar-refractivity contribution in [3.8, 4) is 0 Å². The maximum atomic E-state index is 13.6. The first-order valence-electron chi connectivity index (χ1n) is 18.7. The average molecular weight is 723 g/mol. The molecule has 0 heterocycles. The fourth-order valence-electron chi connectivity index (χ4n) is 10.1. The zero-order valence-corrected chi connectivity index (χ0v) is 30.7. The van der Waals surface area contributed by atoms with Crippen molar-refractivity contribution in [3.63, 3.8) is 0 Å². The number of esters is 1. The fourth-order valence-corrected chi connectivity index (χ4v) is 10.1. The van der Waals surface area contributed by atoms with E-state index in [1.807, 2.05) is 13.0 Å². The Labute approximate surface area is 305 Å². The molecule has 0 radical (unpaired) electrons. The van der Waals surface area contributed by atoms with Gasteiger partial charge in [0, 0.05) is 30.7 Å². The van der Waals surface area contributed by atoms with Crippen LogP contribution >= 0.6 is 0 Å². The van der Waals surface area contributed by atoms with Crippen LogP contribution in [-0.4, -0.2) is 81.5 Å². The third-order valence-electron chi connectivity index (χ3n) is 12.9. The Kier molecular flexibility index (Phi) is 11.8. The van der Waals surface area contributed by atoms with E-state index in [1.54, 1.807) is 44.2 Å². The largest absolute Gasteiger partial charge is 0.481 e. The third-order valence-corrected chi connectivity index (χ3v) is 12.9. The molecule has 0 aliphatic heterocycles. The molecule has 3 saturated carbocycles. The number of aliphatic hydroxyl groups excluding tert-OH is 1. The van der Waals surface area contributed by atoms with Crippen molar-refractivity contribution < 1.29 is 48.8 Å². The smallest absolute Gasteiger partial charge is 0.306 e. The van der Waals surface area contributed by atoms with Gasteiger partial charge in [0.05, 0.1) is 18.9 Å². The van der Waals surface area contributed by atoms with Gasteiger partial charge in [-0.3, -0.25) is 28.8 Å². The SMILES string of the molecule is CC(C)[C@@H](NC(=O)CCC(=O)OCC(=O)[C@@]1(O)CC[C@H]2[C@@H]3CCC4=CC(=O)CC[C@]4(C)[C@H]3[C@@H](O)C[C@@]21C)C(=O)NC[C@@H](CC(=O)O)c1ccccc1. The van der Waals surface area contributed by atoms with Gasteiger partial charge in [-0.05, 0) is 79.3 Å². The van der Waals surface area contributed by atoms with Crippen molar-refractivity contribution in [3.05, 3.63) is 47.5 Å². The summed E-state index contributed by atoms with van der Waals surface area (Å²) in [7, 11) is 0. The minimum Gasteiger partial charge on any atom is -0.481 e. The lowest BCUT2D eigenvalue weighted by Gasteiger charge is -2.60. The first-order valence-corrected chi connectivity index (χ1v) is 18.7. The van der Waals surface area contributed by atoms with Gasteiger partial charge in [-0.2, -0.15) is 0 Å². The highest BCUT2D eigenvalue weighted by atomic mass is 16.5. The van der Waals surface area contributed by atoms with Crippen molar-refractivity contribution in [1.29, 1.82) is 0 Å². The molecule has 12 heteroatoms. The van der Waals surface area contributed by atoms with E-state index in [2.05, 4.69) is 17.6 Å². The van der Waals surface area contributed by atoms with E-state index in [0.29, 0.717) is 19.3 Å². The number of carboxylic acid groups (broad SMARTS) is 1. The van der Waals surface area contributed by atoms with Crippen LogP contribution < -0.4 is 10.6 Å². The van der Waals surface area contributed by atoms with Crippen LogP contribution in [0.2, 0.25) is 0 Å². The number of carbonyl (C=O) groups is 6. The lowest BCUT2D eigenvalue weighted by molar-refractivity contribution is -0.184. The molecule has 3 fully saturated rings. The van der Waals surface area contributed by atoms with Crippen LogP contribution in [0, 0.1) is 34.5 Å². The summed E-state index contributed by atoms with van der Waals surface area (Å²) >= 11 is 0. The molecule has 2 amide bonds. The van der Waals surface area contributed by atoms with Crippen molar-refractivity contribution in [2.45, 2.75) is 116 Å². The van der Waals surface area contributed by atoms with Crippen LogP contribution in [0.15, 0.2) is 42.0 Å². The number of hydrogen-bond acceptors (Lipinski definition) is 9. The van der Waals surface area contributed by atoms with Gasteiger partial charge in [0.1, 0.15) is 11.6 Å². The number of amides is 2. The maximum Gasteiger partial charge on any atom is 0.306 e. The lowest BCUT2D eigenvalue weighted by atomic mass is 9.45. The standard InChI is InChI=1S/C40H54N2O10/c1-23(2)36(37(50)41-21-25(18-33(47)48)24-8-6-5-7-9-24)42-32(46)12-13-34(49)52-22-31(45)40(51)17-15-29-28-11-10-26-19-27(43)14-16-38(26,3)35(28)30(44)20-39(29,40)4/h5-9,19,23,25,28-30,35-36,44,51H,10-18,20-22H2,1-4H3,(H,41,50)(H,42,46)(H,47,48)/t25-,28+,29+,30+,35-,36-,38+,39+,40+/m1/s1. The number of ether oxygens (including phenoxy) is 1. The Bertz CT molecular complexity index is 1590. The number of fused-ring (bicyclic) bond motifs is 5. The number of rotatable bonds is 14. The molecule has 0 saturated heterocycles. The molecule has 12 nitrogen and oxygen atoms in total. The number of ketones is 2. The number of carboxylic acids is 1. The number of aliphatic hydroxyl groups is 2. The molecule has 5 N–H and O–H groups in total. The molecule has 4 aliphatic carbocycles. The summed E-state index contributed by atoms with van der Waals surface area (Å²) in [4.78, 5) is 75.8. The topological polar surface area (TPSA) is 196 Å². The van der Waals surface area contributed by atoms with Crippen LogP contribution in [0.25, 0.3) is 0 Å². The minimum atomic E-state index is -1.79. The molecule has 0 unspecified atom stereocenters. The average Bonchev–Trinajstić information content (AvgIpc) is 3.37. The van der Waals surface area contributed by atoms with Crippen molar-refractivity contribution in [2.24, 2.45) is 34.5 Å². The molecule has 5 rings (SSSR count). The summed E-state index contributed by atoms with van der Waals surface area (Å²) in [5, 5.41) is 38.3. The Morgan fingerprint density at radius 3 is 2.38 bits per heavy atom. The summed E-state index contributed by atoms with van der Waals surface area (Å²) in [5.74, 6) is -4.12. The Balaban J connectivity index is 1.12. The summed E-state index contributed by atoms with van der Waals surface area (Å²) in [6.07, 6.45) is 3.86. The molecule has 284 valence electrons. The lowest BCUT2D eigenvalue weighted by Crippen LogP contribution is -2.62. The van der Waals surface area contributed by atoms with Crippen LogP contribution in [-0.2, 0) is 33.5 Å². The molecule has 52 heavy (non-hydrogen) atoms. The van der Waals surface area contributed by atoms with E-state index in [9.17, 15) is 44.1 Å². The first-order chi connectivity index (χ1) is 24.5. The van der Waals surface area contributed by atoms with Crippen molar-refractivity contribution in [2.75, 3.05) is 13.2 Å². The predicted octanol–water partition coefficient (Wildman–Crippen LogP) is 3.63. The second-order valence-electron chi connectivity index (χ2n) is 16.3. The van der Waals surface area contributed by atoms with Gasteiger partial charge in [-0.25, -0.2) is 0 Å². The Morgan fingerprint density at radius 2 is 1.71 bits per heavy atom. The molecule has 0 spiro atoms. The summed E-state index contributed by atoms with van der Waals surface area (Å²) < 4.78 is 5.27. The quantitative estimate of drug-likeness (QED) is 0.177. The Hall–Kier alpha value is -3.90. The molecule has 0 aromatic heterocycles. The number of allylic oxidation sites excluding steroid dienone is 1. The summed E-state index contributed by atoms with van der Waals surface area (Å²) in [6.45, 7) is 6.90. The van der Waals surface area contributed by atoms with E-state index < -0.39 is 65.2 Å². The van der Waals surface area contributed by atoms with E-state index in [4.69, 9.17) is 4.74 Å². The number of nitrogens with one attached hydrogen (secondary N) is 2. The number of benzene rings is 1. The Morgan fingerprint density at radius 1 is 1.00 bits per heavy atom. The van der Waals surface area contributed by atoms with Gasteiger partial charge in [-0.1, -0.05) is 63.6 Å².